The molecule has 0 amide bonds. The second-order valence-corrected chi connectivity index (χ2v) is 7.86. The summed E-state index contributed by atoms with van der Waals surface area (Å²) in [6.07, 6.45) is 0.556. The van der Waals surface area contributed by atoms with Crippen LogP contribution >= 0.6 is 11.8 Å². The molecule has 0 bridgehead atoms. The molecule has 0 radical (unpaired) electrons. The van der Waals surface area contributed by atoms with E-state index in [1.54, 1.807) is 7.11 Å². The van der Waals surface area contributed by atoms with Gasteiger partial charge in [0.1, 0.15) is 22.9 Å². The first kappa shape index (κ1) is 18.3. The van der Waals surface area contributed by atoms with Gasteiger partial charge < -0.3 is 15.2 Å². The number of thioether (sulfide) groups is 1. The quantitative estimate of drug-likeness (QED) is 0.860. The third-order valence-electron chi connectivity index (χ3n) is 5.31. The number of hydrogen-bond donors (Lipinski definition) is 1. The number of nitrogens with two attached hydrogens (primary N) is 1. The number of methoxy groups -OCH3 is 1. The molecule has 0 unspecified atom stereocenters. The van der Waals surface area contributed by atoms with Crippen molar-refractivity contribution in [3.05, 3.63) is 65.2 Å². The molecule has 0 aromatic heterocycles. The fourth-order valence-corrected chi connectivity index (χ4v) is 4.87. The predicted molar refractivity (Wildman–Crippen MR) is 102 cm³/mol. The highest BCUT2D eigenvalue weighted by molar-refractivity contribution is 8.13. The Balaban J connectivity index is 1.68. The van der Waals surface area contributed by atoms with E-state index in [4.69, 9.17) is 15.2 Å². The monoisotopic (exact) mass is 390 g/mol. The number of aliphatic imine (C=N–C) groups is 1. The molecular weight excluding hydrogens is 370 g/mol. The summed E-state index contributed by atoms with van der Waals surface area (Å²) >= 11 is 1.46. The topological polar surface area (TPSA) is 56.8 Å². The van der Waals surface area contributed by atoms with E-state index in [0.717, 1.165) is 17.4 Å². The Morgan fingerprint density at radius 2 is 2.00 bits per heavy atom. The number of benzene rings is 2. The Labute approximate surface area is 160 Å². The van der Waals surface area contributed by atoms with Crippen LogP contribution in [0.15, 0.2) is 47.5 Å². The number of halogens is 2. The number of amidine groups is 1. The first-order valence-corrected chi connectivity index (χ1v) is 9.69. The number of rotatable bonds is 3. The summed E-state index contributed by atoms with van der Waals surface area (Å²) in [6, 6.07) is 11.3. The predicted octanol–water partition coefficient (Wildman–Crippen LogP) is 4.01. The van der Waals surface area contributed by atoms with Crippen molar-refractivity contribution < 1.29 is 18.3 Å². The minimum atomic E-state index is -0.921. The van der Waals surface area contributed by atoms with Gasteiger partial charge in [-0.1, -0.05) is 30.0 Å². The number of nitrogens with zero attached hydrogens (tertiary/aromatic N) is 1. The van der Waals surface area contributed by atoms with Crippen molar-refractivity contribution in [2.24, 2.45) is 16.6 Å². The van der Waals surface area contributed by atoms with Crippen LogP contribution in [0.5, 0.6) is 5.75 Å². The number of fused-ring (bicyclic) bond motifs is 1. The molecule has 2 N–H and O–H groups in total. The van der Waals surface area contributed by atoms with Crippen molar-refractivity contribution in [2.45, 2.75) is 18.1 Å². The molecule has 2 aromatic carbocycles. The molecular formula is C20H20F2N2O2S. The third kappa shape index (κ3) is 3.30. The lowest BCUT2D eigenvalue weighted by Gasteiger charge is -2.46. The highest BCUT2D eigenvalue weighted by Crippen LogP contribution is 2.49. The standard InChI is InChI=1S/C20H20F2N2O2S/c1-25-15-5-2-12(3-6-15)18-8-13-10-27-19(23)24-20(13,11-26-18)16-7-4-14(21)9-17(16)22/h2-7,9,13,18H,8,10-11H2,1H3,(H2,23,24)/t13-,18+,20-/m0/s1. The van der Waals surface area contributed by atoms with E-state index in [1.807, 2.05) is 24.3 Å². The molecule has 2 aliphatic rings. The molecule has 1 saturated heterocycles. The van der Waals surface area contributed by atoms with Crippen molar-refractivity contribution in [1.29, 1.82) is 0 Å². The van der Waals surface area contributed by atoms with Crippen molar-refractivity contribution in [3.8, 4) is 5.75 Å². The summed E-state index contributed by atoms with van der Waals surface area (Å²) in [5.74, 6) is 0.287. The lowest BCUT2D eigenvalue weighted by molar-refractivity contribution is -0.0588. The number of ether oxygens (including phenoxy) is 2. The molecule has 4 nitrogen and oxygen atoms in total. The highest BCUT2D eigenvalue weighted by atomic mass is 32.2. The van der Waals surface area contributed by atoms with Gasteiger partial charge in [-0.05, 0) is 30.2 Å². The molecule has 0 saturated carbocycles. The zero-order chi connectivity index (χ0) is 19.0. The van der Waals surface area contributed by atoms with Crippen LogP contribution in [-0.4, -0.2) is 24.6 Å². The molecule has 27 heavy (non-hydrogen) atoms. The van der Waals surface area contributed by atoms with Crippen LogP contribution in [0.1, 0.15) is 23.7 Å². The summed E-state index contributed by atoms with van der Waals surface area (Å²) in [5.41, 5.74) is 6.43. The molecule has 4 rings (SSSR count). The van der Waals surface area contributed by atoms with Gasteiger partial charge in [0.25, 0.3) is 0 Å². The van der Waals surface area contributed by atoms with E-state index in [2.05, 4.69) is 4.99 Å². The fraction of sp³-hybridized carbons (Fsp3) is 0.350. The molecule has 142 valence electrons. The molecule has 7 heteroatoms. The van der Waals surface area contributed by atoms with Gasteiger partial charge in [0.05, 0.1) is 19.8 Å². The van der Waals surface area contributed by atoms with Gasteiger partial charge in [0.15, 0.2) is 5.17 Å². The van der Waals surface area contributed by atoms with E-state index in [9.17, 15) is 8.78 Å². The van der Waals surface area contributed by atoms with Crippen LogP contribution < -0.4 is 10.5 Å². The SMILES string of the molecule is COc1ccc([C@H]2C[C@H]3CSC(N)=N[C@@]3(c3ccc(F)cc3F)CO2)cc1. The molecule has 0 spiro atoms. The maximum Gasteiger partial charge on any atom is 0.154 e. The highest BCUT2D eigenvalue weighted by Gasteiger charge is 2.49. The minimum Gasteiger partial charge on any atom is -0.497 e. The van der Waals surface area contributed by atoms with Gasteiger partial charge in [-0.15, -0.1) is 0 Å². The van der Waals surface area contributed by atoms with Crippen LogP contribution in [0, 0.1) is 17.6 Å². The van der Waals surface area contributed by atoms with E-state index < -0.39 is 17.2 Å². The molecule has 1 fully saturated rings. The number of hydrogen-bond acceptors (Lipinski definition) is 5. The zero-order valence-corrected chi connectivity index (χ0v) is 15.6. The van der Waals surface area contributed by atoms with Gasteiger partial charge in [-0.25, -0.2) is 13.8 Å². The summed E-state index contributed by atoms with van der Waals surface area (Å²) in [5, 5.41) is 0.404. The molecule has 3 atom stereocenters. The van der Waals surface area contributed by atoms with E-state index >= 15 is 0 Å². The Hall–Kier alpha value is -2.12. The summed E-state index contributed by atoms with van der Waals surface area (Å²) in [7, 11) is 1.62. The van der Waals surface area contributed by atoms with Crippen LogP contribution in [-0.2, 0) is 10.3 Å². The fourth-order valence-electron chi connectivity index (χ4n) is 3.86. The van der Waals surface area contributed by atoms with Crippen molar-refractivity contribution in [1.82, 2.24) is 0 Å². The van der Waals surface area contributed by atoms with E-state index in [-0.39, 0.29) is 18.6 Å². The van der Waals surface area contributed by atoms with Crippen LogP contribution in [0.4, 0.5) is 8.78 Å². The van der Waals surface area contributed by atoms with E-state index in [1.165, 1.54) is 23.9 Å². The zero-order valence-electron chi connectivity index (χ0n) is 14.8. The van der Waals surface area contributed by atoms with Gasteiger partial charge in [-0.2, -0.15) is 0 Å². The van der Waals surface area contributed by atoms with Gasteiger partial charge in [0, 0.05) is 23.3 Å². The average molecular weight is 390 g/mol. The van der Waals surface area contributed by atoms with Gasteiger partial charge in [-0.3, -0.25) is 0 Å². The third-order valence-corrected chi connectivity index (χ3v) is 6.26. The van der Waals surface area contributed by atoms with Gasteiger partial charge in [0.2, 0.25) is 0 Å². The first-order chi connectivity index (χ1) is 13.0. The van der Waals surface area contributed by atoms with Crippen molar-refractivity contribution in [2.75, 3.05) is 19.5 Å². The maximum atomic E-state index is 14.6. The summed E-state index contributed by atoms with van der Waals surface area (Å²) < 4.78 is 39.3. The van der Waals surface area contributed by atoms with Crippen molar-refractivity contribution >= 4 is 16.9 Å². The second kappa shape index (κ2) is 7.13. The molecule has 2 heterocycles. The van der Waals surface area contributed by atoms with E-state index in [0.29, 0.717) is 22.9 Å². The lowest BCUT2D eigenvalue weighted by Crippen LogP contribution is -2.48. The Morgan fingerprint density at radius 3 is 2.70 bits per heavy atom. The summed E-state index contributed by atoms with van der Waals surface area (Å²) in [6.45, 7) is 0.193. The van der Waals surface area contributed by atoms with Crippen LogP contribution in [0.25, 0.3) is 0 Å². The molecule has 2 aliphatic heterocycles. The Bertz CT molecular complexity index is 875. The minimum absolute atomic E-state index is 0.0237. The first-order valence-electron chi connectivity index (χ1n) is 8.71. The largest absolute Gasteiger partial charge is 0.497 e. The van der Waals surface area contributed by atoms with Crippen molar-refractivity contribution in [3.63, 3.8) is 0 Å². The van der Waals surface area contributed by atoms with Crippen LogP contribution in [0.2, 0.25) is 0 Å². The maximum absolute atomic E-state index is 14.6. The molecule has 0 aliphatic carbocycles. The summed E-state index contributed by atoms with van der Waals surface area (Å²) in [4.78, 5) is 4.60. The second-order valence-electron chi connectivity index (χ2n) is 6.81. The lowest BCUT2D eigenvalue weighted by atomic mass is 9.74. The average Bonchev–Trinajstić information content (AvgIpc) is 2.67. The Kier molecular flexibility index (Phi) is 4.82. The van der Waals surface area contributed by atoms with Gasteiger partial charge >= 0.3 is 0 Å². The molecule has 2 aromatic rings. The Morgan fingerprint density at radius 1 is 1.22 bits per heavy atom. The smallest absolute Gasteiger partial charge is 0.154 e. The normalized spacial score (nSPS) is 27.6. The van der Waals surface area contributed by atoms with Crippen LogP contribution in [0.3, 0.4) is 0 Å².